The number of rotatable bonds is 43. The zero-order valence-corrected chi connectivity index (χ0v) is 49.3. The third-order valence-corrected chi connectivity index (χ3v) is 16.6. The predicted molar refractivity (Wildman–Crippen MR) is 298 cm³/mol. The summed E-state index contributed by atoms with van der Waals surface area (Å²) in [5, 5.41) is 164. The fourth-order valence-corrected chi connectivity index (χ4v) is 11.1. The monoisotopic (exact) mass is 1200 g/mol. The number of amides is 1. The Morgan fingerprint density at radius 1 is 0.410 bits per heavy atom. The fraction of sp³-hybridized carbons (Fsp3) is 0.983. The van der Waals surface area contributed by atoms with Crippen LogP contribution in [0.1, 0.15) is 187 Å². The quantitative estimate of drug-likeness (QED) is 0.0359. The predicted octanol–water partition coefficient (Wildman–Crippen LogP) is 0.0546. The van der Waals surface area contributed by atoms with Gasteiger partial charge >= 0.3 is 0 Å². The Balaban J connectivity index is 1.34. The number of carbonyl (C=O) groups is 1. The molecule has 0 aliphatic carbocycles. The van der Waals surface area contributed by atoms with Gasteiger partial charge in [-0.2, -0.15) is 0 Å². The maximum atomic E-state index is 13.4. The van der Waals surface area contributed by atoms with Crippen LogP contribution in [-0.2, 0) is 42.7 Å². The molecule has 16 N–H and O–H groups in total. The average molecular weight is 1200 g/mol. The van der Waals surface area contributed by atoms with Crippen molar-refractivity contribution in [1.29, 1.82) is 0 Å². The largest absolute Gasteiger partial charge is 0.394 e. The van der Waals surface area contributed by atoms with E-state index in [-0.39, 0.29) is 18.7 Å². The van der Waals surface area contributed by atoms with Crippen LogP contribution in [0.5, 0.6) is 0 Å². The highest BCUT2D eigenvalue weighted by atomic mass is 16.8. The molecule has 0 spiro atoms. The number of carbonyl (C=O) groups excluding carboxylic acids is 1. The molecule has 0 saturated carbocycles. The molecule has 4 aliphatic rings. The van der Waals surface area contributed by atoms with Gasteiger partial charge < -0.3 is 120 Å². The van der Waals surface area contributed by atoms with Crippen molar-refractivity contribution < 1.29 is 119 Å². The minimum atomic E-state index is -1.98. The molecule has 0 aromatic rings. The van der Waals surface area contributed by atoms with Crippen LogP contribution >= 0.6 is 0 Å². The van der Waals surface area contributed by atoms with Gasteiger partial charge in [0, 0.05) is 6.42 Å². The summed E-state index contributed by atoms with van der Waals surface area (Å²) >= 11 is 0. The second-order valence-electron chi connectivity index (χ2n) is 23.4. The molecule has 1 amide bonds. The maximum Gasteiger partial charge on any atom is 0.220 e. The lowest BCUT2D eigenvalue weighted by Gasteiger charge is -2.46. The van der Waals surface area contributed by atoms with Crippen molar-refractivity contribution in [3.63, 3.8) is 0 Å². The molecule has 3 unspecified atom stereocenters. The Bertz CT molecular complexity index is 1660. The number of ether oxygens (including phenoxy) is 8. The standard InChI is InChI=1S/C58H109NO24/c1-3-5-7-9-11-13-15-17-19-21-23-25-27-29-41(63)59-35(42(64)36(62)28-26-24-22-20-18-16-14-12-10-8-6-4-2)32-76-55-51(73)48(70)45(67)39(81-55)33-77-56-52(74)49(71)46(68)40(82-56)34-78-58-54(50(72)44(66)38(31-61)80-58)83-57-53(75)47(69)43(65)37(30-60)79-57/h35-40,42-58,60-62,64-75H,3-34H2,1-2H3,(H,59,63)/t35?,36?,37-,38-,39-,40-,42?,43-,44+,45+,46+,47+,48+,49+,50+,51-,52-,53-,54-,55-,56-,57-,58-/m1/s1. The van der Waals surface area contributed by atoms with E-state index < -0.39 is 174 Å². The van der Waals surface area contributed by atoms with Crippen molar-refractivity contribution in [3.05, 3.63) is 0 Å². The third-order valence-electron chi connectivity index (χ3n) is 16.6. The Morgan fingerprint density at radius 2 is 0.759 bits per heavy atom. The van der Waals surface area contributed by atoms with Crippen molar-refractivity contribution in [1.82, 2.24) is 5.32 Å². The van der Waals surface area contributed by atoms with Crippen LogP contribution in [0.4, 0.5) is 0 Å². The lowest BCUT2D eigenvalue weighted by molar-refractivity contribution is -0.374. The van der Waals surface area contributed by atoms with E-state index in [2.05, 4.69) is 19.2 Å². The number of aliphatic hydroxyl groups excluding tert-OH is 15. The van der Waals surface area contributed by atoms with Gasteiger partial charge in [-0.25, -0.2) is 0 Å². The van der Waals surface area contributed by atoms with Crippen molar-refractivity contribution in [2.75, 3.05) is 33.0 Å². The molecular weight excluding hydrogens is 1090 g/mol. The first-order chi connectivity index (χ1) is 39.9. The molecular formula is C58H109NO24. The molecule has 0 bridgehead atoms. The number of aliphatic hydroxyl groups is 15. The summed E-state index contributed by atoms with van der Waals surface area (Å²) < 4.78 is 45.7. The lowest BCUT2D eigenvalue weighted by atomic mass is 9.97. The van der Waals surface area contributed by atoms with E-state index in [0.29, 0.717) is 12.8 Å². The highest BCUT2D eigenvalue weighted by Crippen LogP contribution is 2.32. The molecule has 23 atom stereocenters. The van der Waals surface area contributed by atoms with Crippen molar-refractivity contribution >= 4 is 5.91 Å². The second-order valence-corrected chi connectivity index (χ2v) is 23.4. The molecule has 0 aromatic carbocycles. The van der Waals surface area contributed by atoms with E-state index in [0.717, 1.165) is 51.4 Å². The molecule has 0 aromatic heterocycles. The van der Waals surface area contributed by atoms with Gasteiger partial charge in [0.15, 0.2) is 25.2 Å². The van der Waals surface area contributed by atoms with Gasteiger partial charge in [-0.1, -0.05) is 168 Å². The first kappa shape index (κ1) is 74.0. The fourth-order valence-electron chi connectivity index (χ4n) is 11.1. The van der Waals surface area contributed by atoms with Crippen LogP contribution in [0.15, 0.2) is 0 Å². The summed E-state index contributed by atoms with van der Waals surface area (Å²) in [5.74, 6) is -0.384. The van der Waals surface area contributed by atoms with Crippen LogP contribution in [0.25, 0.3) is 0 Å². The highest BCUT2D eigenvalue weighted by Gasteiger charge is 2.53. The number of unbranched alkanes of at least 4 members (excludes halogenated alkanes) is 23. The number of hydrogen-bond acceptors (Lipinski definition) is 24. The molecule has 4 rings (SSSR count). The van der Waals surface area contributed by atoms with Crippen LogP contribution in [-0.4, -0.2) is 257 Å². The second kappa shape index (κ2) is 41.0. The van der Waals surface area contributed by atoms with Crippen LogP contribution in [0, 0.1) is 0 Å². The van der Waals surface area contributed by atoms with E-state index in [4.69, 9.17) is 37.9 Å². The summed E-state index contributed by atoms with van der Waals surface area (Å²) in [6.07, 6.45) is -10.0. The van der Waals surface area contributed by atoms with E-state index >= 15 is 0 Å². The summed E-state index contributed by atoms with van der Waals surface area (Å²) in [6.45, 7) is 0.770. The molecule has 25 nitrogen and oxygen atoms in total. The van der Waals surface area contributed by atoms with Crippen LogP contribution in [0.3, 0.4) is 0 Å². The van der Waals surface area contributed by atoms with Crippen molar-refractivity contribution in [2.45, 2.75) is 328 Å². The minimum absolute atomic E-state index is 0.156. The third kappa shape index (κ3) is 24.5. The van der Waals surface area contributed by atoms with Gasteiger partial charge in [-0.3, -0.25) is 4.79 Å². The summed E-state index contributed by atoms with van der Waals surface area (Å²) in [5.41, 5.74) is 0. The molecule has 83 heavy (non-hydrogen) atoms. The summed E-state index contributed by atoms with van der Waals surface area (Å²) in [6, 6.07) is -1.19. The Morgan fingerprint density at radius 3 is 1.20 bits per heavy atom. The smallest absolute Gasteiger partial charge is 0.220 e. The Hall–Kier alpha value is -1.45. The first-order valence-corrected chi connectivity index (χ1v) is 31.4. The molecule has 490 valence electrons. The number of nitrogens with one attached hydrogen (secondary N) is 1. The molecule has 4 aliphatic heterocycles. The minimum Gasteiger partial charge on any atom is -0.394 e. The topological polar surface area (TPSA) is 406 Å². The molecule has 4 fully saturated rings. The van der Waals surface area contributed by atoms with E-state index in [1.807, 2.05) is 0 Å². The molecule has 4 heterocycles. The SMILES string of the molecule is CCCCCCCCCCCCCCCC(=O)NC(CO[C@@H]1O[C@H](CO[C@@H]2O[C@H](CO[C@@H]3O[C@H](CO)[C@H](O)[C@H](O)[C@H]3O[C@H]3O[C@H](CO)[C@@H](O)[C@H](O)[C@H]3O)[C@H](O)[C@H](O)[C@H]2O)[C@H](O)[C@H](O)[C@H]1O)C(O)C(O)CCCCCCCCCCCCCC. The van der Waals surface area contributed by atoms with E-state index in [1.165, 1.54) is 96.3 Å². The molecule has 25 heteroatoms. The van der Waals surface area contributed by atoms with Crippen LogP contribution < -0.4 is 5.32 Å². The first-order valence-electron chi connectivity index (χ1n) is 31.4. The summed E-state index contributed by atoms with van der Waals surface area (Å²) in [7, 11) is 0. The normalized spacial score (nSPS) is 35.3. The van der Waals surface area contributed by atoms with E-state index in [9.17, 15) is 81.4 Å². The van der Waals surface area contributed by atoms with Gasteiger partial charge in [0.1, 0.15) is 104 Å². The molecule has 0 radical (unpaired) electrons. The van der Waals surface area contributed by atoms with E-state index in [1.54, 1.807) is 0 Å². The highest BCUT2D eigenvalue weighted by molar-refractivity contribution is 5.76. The van der Waals surface area contributed by atoms with Gasteiger partial charge in [0.25, 0.3) is 0 Å². The lowest BCUT2D eigenvalue weighted by Crippen LogP contribution is -2.65. The van der Waals surface area contributed by atoms with Gasteiger partial charge in [0.05, 0.1) is 45.2 Å². The average Bonchev–Trinajstić information content (AvgIpc) is 3.49. The number of hydrogen-bond donors (Lipinski definition) is 16. The molecule has 4 saturated heterocycles. The van der Waals surface area contributed by atoms with Gasteiger partial charge in [-0.05, 0) is 12.8 Å². The summed E-state index contributed by atoms with van der Waals surface area (Å²) in [4.78, 5) is 13.4. The van der Waals surface area contributed by atoms with Gasteiger partial charge in [-0.15, -0.1) is 0 Å². The maximum absolute atomic E-state index is 13.4. The van der Waals surface area contributed by atoms with Crippen molar-refractivity contribution in [3.8, 4) is 0 Å². The zero-order chi connectivity index (χ0) is 60.8. The zero-order valence-electron chi connectivity index (χ0n) is 49.3. The Kier molecular flexibility index (Phi) is 36.5. The van der Waals surface area contributed by atoms with Crippen molar-refractivity contribution in [2.24, 2.45) is 0 Å². The Labute approximate surface area is 490 Å². The van der Waals surface area contributed by atoms with Gasteiger partial charge in [0.2, 0.25) is 5.91 Å². The van der Waals surface area contributed by atoms with Crippen LogP contribution in [0.2, 0.25) is 0 Å².